The van der Waals surface area contributed by atoms with Gasteiger partial charge in [0.1, 0.15) is 5.58 Å². The Morgan fingerprint density at radius 2 is 1.88 bits per heavy atom. The lowest BCUT2D eigenvalue weighted by atomic mass is 9.99. The number of hydrogen-bond acceptors (Lipinski definition) is 3. The Hall–Kier alpha value is -2.55. The SMILES string of the molecule is CCCCNc1ccc2c(C)c(Cc3ccccc3)c(=O)oc2c1. The van der Waals surface area contributed by atoms with E-state index in [4.69, 9.17) is 4.42 Å². The van der Waals surface area contributed by atoms with Crippen LogP contribution < -0.4 is 10.9 Å². The summed E-state index contributed by atoms with van der Waals surface area (Å²) in [5.74, 6) is 0. The number of nitrogens with one attached hydrogen (secondary N) is 1. The highest BCUT2D eigenvalue weighted by Crippen LogP contribution is 2.24. The Balaban J connectivity index is 1.95. The summed E-state index contributed by atoms with van der Waals surface area (Å²) in [7, 11) is 0. The van der Waals surface area contributed by atoms with Crippen LogP contribution in [-0.4, -0.2) is 6.54 Å². The molecule has 1 heterocycles. The fraction of sp³-hybridized carbons (Fsp3) is 0.286. The minimum Gasteiger partial charge on any atom is -0.422 e. The van der Waals surface area contributed by atoms with Crippen molar-refractivity contribution in [3.05, 3.63) is 75.6 Å². The first-order chi connectivity index (χ1) is 11.7. The van der Waals surface area contributed by atoms with Gasteiger partial charge in [-0.1, -0.05) is 43.7 Å². The Bertz CT molecular complexity index is 881. The third-order valence-corrected chi connectivity index (χ3v) is 4.37. The van der Waals surface area contributed by atoms with Gasteiger partial charge in [-0.2, -0.15) is 0 Å². The summed E-state index contributed by atoms with van der Waals surface area (Å²) in [5.41, 5.74) is 4.26. The fourth-order valence-electron chi connectivity index (χ4n) is 2.92. The van der Waals surface area contributed by atoms with Crippen LogP contribution >= 0.6 is 0 Å². The van der Waals surface area contributed by atoms with Crippen molar-refractivity contribution >= 4 is 16.7 Å². The molecule has 1 N–H and O–H groups in total. The zero-order valence-electron chi connectivity index (χ0n) is 14.3. The van der Waals surface area contributed by atoms with Crippen molar-refractivity contribution in [2.45, 2.75) is 33.1 Å². The molecule has 0 amide bonds. The molecule has 3 aromatic rings. The number of hydrogen-bond donors (Lipinski definition) is 1. The van der Waals surface area contributed by atoms with Crippen LogP contribution in [-0.2, 0) is 6.42 Å². The van der Waals surface area contributed by atoms with Crippen LogP contribution in [0.2, 0.25) is 0 Å². The second-order valence-corrected chi connectivity index (χ2v) is 6.15. The number of unbranched alkanes of at least 4 members (excludes halogenated alkanes) is 1. The molecule has 0 aliphatic carbocycles. The zero-order chi connectivity index (χ0) is 16.9. The van der Waals surface area contributed by atoms with Crippen molar-refractivity contribution in [3.63, 3.8) is 0 Å². The van der Waals surface area contributed by atoms with E-state index < -0.39 is 0 Å². The summed E-state index contributed by atoms with van der Waals surface area (Å²) in [5, 5.41) is 4.37. The largest absolute Gasteiger partial charge is 0.422 e. The monoisotopic (exact) mass is 321 g/mol. The van der Waals surface area contributed by atoms with Crippen molar-refractivity contribution in [1.82, 2.24) is 0 Å². The number of fused-ring (bicyclic) bond motifs is 1. The van der Waals surface area contributed by atoms with E-state index in [2.05, 4.69) is 18.3 Å². The lowest BCUT2D eigenvalue weighted by Gasteiger charge is -2.10. The van der Waals surface area contributed by atoms with Crippen LogP contribution in [0.5, 0.6) is 0 Å². The standard InChI is InChI=1S/C21H23NO2/c1-3-4-12-22-17-10-11-18-15(2)19(21(23)24-20(18)14-17)13-16-8-6-5-7-9-16/h5-11,14,22H,3-4,12-13H2,1-2H3. The van der Waals surface area contributed by atoms with Crippen molar-refractivity contribution in [2.24, 2.45) is 0 Å². The molecule has 0 atom stereocenters. The van der Waals surface area contributed by atoms with Crippen LogP contribution in [0.4, 0.5) is 5.69 Å². The minimum atomic E-state index is -0.241. The van der Waals surface area contributed by atoms with Gasteiger partial charge in [0.05, 0.1) is 0 Å². The van der Waals surface area contributed by atoms with E-state index >= 15 is 0 Å². The molecular weight excluding hydrogens is 298 g/mol. The maximum Gasteiger partial charge on any atom is 0.340 e. The smallest absolute Gasteiger partial charge is 0.340 e. The molecule has 1 aromatic heterocycles. The molecule has 0 bridgehead atoms. The van der Waals surface area contributed by atoms with Crippen LogP contribution in [0.3, 0.4) is 0 Å². The lowest BCUT2D eigenvalue weighted by Crippen LogP contribution is -2.11. The van der Waals surface area contributed by atoms with E-state index in [0.717, 1.165) is 47.2 Å². The molecule has 0 saturated heterocycles. The predicted octanol–water partition coefficient (Wildman–Crippen LogP) is 4.90. The molecule has 3 rings (SSSR count). The third-order valence-electron chi connectivity index (χ3n) is 4.37. The van der Waals surface area contributed by atoms with Crippen molar-refractivity contribution < 1.29 is 4.42 Å². The Morgan fingerprint density at radius 1 is 1.08 bits per heavy atom. The van der Waals surface area contributed by atoms with Gasteiger partial charge in [-0.15, -0.1) is 0 Å². The van der Waals surface area contributed by atoms with Gasteiger partial charge in [0.2, 0.25) is 0 Å². The molecule has 3 nitrogen and oxygen atoms in total. The minimum absolute atomic E-state index is 0.241. The summed E-state index contributed by atoms with van der Waals surface area (Å²) >= 11 is 0. The molecule has 0 spiro atoms. The van der Waals surface area contributed by atoms with Gasteiger partial charge in [0.25, 0.3) is 0 Å². The Labute approximate surface area is 142 Å². The molecule has 0 fully saturated rings. The van der Waals surface area contributed by atoms with E-state index in [1.54, 1.807) is 0 Å². The van der Waals surface area contributed by atoms with Gasteiger partial charge in [0.15, 0.2) is 0 Å². The number of benzene rings is 2. The zero-order valence-corrected chi connectivity index (χ0v) is 14.3. The van der Waals surface area contributed by atoms with E-state index in [0.29, 0.717) is 12.0 Å². The van der Waals surface area contributed by atoms with Gasteiger partial charge in [-0.3, -0.25) is 0 Å². The highest BCUT2D eigenvalue weighted by Gasteiger charge is 2.12. The van der Waals surface area contributed by atoms with E-state index in [9.17, 15) is 4.79 Å². The quantitative estimate of drug-likeness (QED) is 0.518. The fourth-order valence-corrected chi connectivity index (χ4v) is 2.92. The molecule has 124 valence electrons. The Morgan fingerprint density at radius 3 is 2.62 bits per heavy atom. The van der Waals surface area contributed by atoms with Gasteiger partial charge in [0, 0.05) is 35.7 Å². The number of rotatable bonds is 6. The first kappa shape index (κ1) is 16.3. The van der Waals surface area contributed by atoms with Gasteiger partial charge in [-0.05, 0) is 36.6 Å². The summed E-state index contributed by atoms with van der Waals surface area (Å²) in [6, 6.07) is 16.0. The molecule has 24 heavy (non-hydrogen) atoms. The second kappa shape index (κ2) is 7.35. The molecule has 0 saturated carbocycles. The number of aryl methyl sites for hydroxylation is 1. The third kappa shape index (κ3) is 3.51. The van der Waals surface area contributed by atoms with Gasteiger partial charge < -0.3 is 9.73 Å². The van der Waals surface area contributed by atoms with Crippen molar-refractivity contribution in [1.29, 1.82) is 0 Å². The van der Waals surface area contributed by atoms with Gasteiger partial charge in [-0.25, -0.2) is 4.79 Å². The van der Waals surface area contributed by atoms with Crippen LogP contribution in [0.1, 0.15) is 36.5 Å². The normalized spacial score (nSPS) is 10.9. The average molecular weight is 321 g/mol. The summed E-state index contributed by atoms with van der Waals surface area (Å²) < 4.78 is 5.60. The molecule has 0 aliphatic rings. The van der Waals surface area contributed by atoms with Crippen LogP contribution in [0, 0.1) is 6.92 Å². The summed E-state index contributed by atoms with van der Waals surface area (Å²) in [6.07, 6.45) is 2.87. The molecular formula is C21H23NO2. The van der Waals surface area contributed by atoms with Crippen molar-refractivity contribution in [2.75, 3.05) is 11.9 Å². The first-order valence-electron chi connectivity index (χ1n) is 8.53. The molecule has 2 aromatic carbocycles. The maximum atomic E-state index is 12.4. The highest BCUT2D eigenvalue weighted by atomic mass is 16.4. The lowest BCUT2D eigenvalue weighted by molar-refractivity contribution is 0.551. The molecule has 0 aliphatic heterocycles. The molecule has 0 unspecified atom stereocenters. The predicted molar refractivity (Wildman–Crippen MR) is 99.9 cm³/mol. The molecule has 0 radical (unpaired) electrons. The van der Waals surface area contributed by atoms with E-state index in [1.165, 1.54) is 0 Å². The summed E-state index contributed by atoms with van der Waals surface area (Å²) in [4.78, 5) is 12.4. The topological polar surface area (TPSA) is 42.2 Å². The Kier molecular flexibility index (Phi) is 4.99. The molecule has 3 heteroatoms. The highest BCUT2D eigenvalue weighted by molar-refractivity contribution is 5.84. The van der Waals surface area contributed by atoms with E-state index in [-0.39, 0.29) is 5.63 Å². The summed E-state index contributed by atoms with van der Waals surface area (Å²) in [6.45, 7) is 5.10. The van der Waals surface area contributed by atoms with Crippen LogP contribution in [0.25, 0.3) is 11.0 Å². The second-order valence-electron chi connectivity index (χ2n) is 6.15. The first-order valence-corrected chi connectivity index (χ1v) is 8.53. The average Bonchev–Trinajstić information content (AvgIpc) is 2.59. The van der Waals surface area contributed by atoms with Crippen LogP contribution in [0.15, 0.2) is 57.7 Å². The maximum absolute atomic E-state index is 12.4. The van der Waals surface area contributed by atoms with E-state index in [1.807, 2.05) is 49.4 Å². The van der Waals surface area contributed by atoms with Crippen molar-refractivity contribution in [3.8, 4) is 0 Å². The number of anilines is 1. The van der Waals surface area contributed by atoms with Gasteiger partial charge >= 0.3 is 5.63 Å².